The van der Waals surface area contributed by atoms with Gasteiger partial charge in [-0.2, -0.15) is 0 Å². The molecule has 1 aromatic carbocycles. The van der Waals surface area contributed by atoms with Crippen LogP contribution in [-0.4, -0.2) is 48.4 Å². The Morgan fingerprint density at radius 3 is 2.71 bits per heavy atom. The topological polar surface area (TPSA) is 102 Å². The molecule has 0 aromatic heterocycles. The number of nitrogens with one attached hydrogen (secondary N) is 1. The number of ketones is 1. The van der Waals surface area contributed by atoms with Crippen LogP contribution in [0.25, 0.3) is 0 Å². The van der Waals surface area contributed by atoms with E-state index in [2.05, 4.69) is 10.2 Å². The molecule has 0 radical (unpaired) electrons. The van der Waals surface area contributed by atoms with E-state index in [0.717, 1.165) is 25.9 Å². The van der Waals surface area contributed by atoms with Gasteiger partial charge in [0.05, 0.1) is 18.7 Å². The first-order valence-electron chi connectivity index (χ1n) is 7.58. The molecule has 8 heteroatoms. The third kappa shape index (κ3) is 3.52. The molecule has 7 nitrogen and oxygen atoms in total. The number of amides is 2. The van der Waals surface area contributed by atoms with Crippen molar-refractivity contribution in [2.45, 2.75) is 24.9 Å². The maximum atomic E-state index is 12.5. The predicted octanol–water partition coefficient (Wildman–Crippen LogP) is 0.711. The fourth-order valence-electron chi connectivity index (χ4n) is 3.21. The molecule has 0 bridgehead atoms. The van der Waals surface area contributed by atoms with Crippen molar-refractivity contribution in [3.05, 3.63) is 29.3 Å². The van der Waals surface area contributed by atoms with E-state index in [-0.39, 0.29) is 18.2 Å². The van der Waals surface area contributed by atoms with E-state index in [1.54, 1.807) is 12.1 Å². The van der Waals surface area contributed by atoms with E-state index in [0.29, 0.717) is 36.4 Å². The molecule has 130 valence electrons. The highest BCUT2D eigenvalue weighted by Gasteiger charge is 2.42. The number of rotatable bonds is 4. The van der Waals surface area contributed by atoms with Gasteiger partial charge in [-0.05, 0) is 18.2 Å². The third-order valence-electron chi connectivity index (χ3n) is 4.54. The summed E-state index contributed by atoms with van der Waals surface area (Å²) < 4.78 is 6.13. The molecule has 0 atom stereocenters. The molecule has 2 aliphatic heterocycles. The maximum absolute atomic E-state index is 12.5. The molecule has 24 heavy (non-hydrogen) atoms. The van der Waals surface area contributed by atoms with Crippen molar-refractivity contribution in [1.82, 2.24) is 10.2 Å². The molecule has 1 fully saturated rings. The lowest BCUT2D eigenvalue weighted by Crippen LogP contribution is -2.52. The highest BCUT2D eigenvalue weighted by atomic mass is 35.5. The second-order valence-corrected chi connectivity index (χ2v) is 6.06. The number of nitrogens with two attached hydrogens (primary N) is 1. The number of carbonyl (C=O) groups excluding carboxylic acids is 3. The number of fused-ring (bicyclic) bond motifs is 1. The summed E-state index contributed by atoms with van der Waals surface area (Å²) in [6, 6.07) is 4.74. The van der Waals surface area contributed by atoms with E-state index < -0.39 is 11.5 Å². The number of carbonyl (C=O) groups is 3. The Morgan fingerprint density at radius 2 is 2.08 bits per heavy atom. The van der Waals surface area contributed by atoms with Crippen LogP contribution in [0.15, 0.2) is 18.2 Å². The zero-order valence-corrected chi connectivity index (χ0v) is 13.9. The fraction of sp³-hybridized carbons (Fsp3) is 0.438. The first-order chi connectivity index (χ1) is 11.0. The smallest absolute Gasteiger partial charge is 0.248 e. The van der Waals surface area contributed by atoms with Crippen molar-refractivity contribution >= 4 is 30.5 Å². The molecule has 1 saturated heterocycles. The lowest BCUT2D eigenvalue weighted by molar-refractivity contribution is -0.110. The molecule has 0 unspecified atom stereocenters. The van der Waals surface area contributed by atoms with E-state index in [9.17, 15) is 14.4 Å². The summed E-state index contributed by atoms with van der Waals surface area (Å²) in [5.74, 6) is -0.0589. The van der Waals surface area contributed by atoms with Crippen molar-refractivity contribution in [2.75, 3.05) is 19.8 Å². The number of piperidine rings is 1. The van der Waals surface area contributed by atoms with Gasteiger partial charge in [0.25, 0.3) is 0 Å². The van der Waals surface area contributed by atoms with Crippen LogP contribution in [0.4, 0.5) is 0 Å². The Bertz CT molecular complexity index is 657. The highest BCUT2D eigenvalue weighted by Crippen LogP contribution is 2.39. The Hall–Kier alpha value is -2.12. The Balaban J connectivity index is 0.00000208. The molecule has 1 aromatic rings. The van der Waals surface area contributed by atoms with Crippen LogP contribution in [0.3, 0.4) is 0 Å². The molecule has 0 aliphatic carbocycles. The van der Waals surface area contributed by atoms with Crippen LogP contribution in [0, 0.1) is 0 Å². The van der Waals surface area contributed by atoms with Crippen molar-refractivity contribution in [3.63, 3.8) is 0 Å². The van der Waals surface area contributed by atoms with Crippen LogP contribution < -0.4 is 15.8 Å². The molecule has 2 amide bonds. The van der Waals surface area contributed by atoms with Crippen LogP contribution in [0.2, 0.25) is 0 Å². The van der Waals surface area contributed by atoms with E-state index in [1.807, 2.05) is 0 Å². The van der Waals surface area contributed by atoms with Crippen LogP contribution in [-0.2, 0) is 4.79 Å². The van der Waals surface area contributed by atoms with Gasteiger partial charge in [-0.15, -0.1) is 12.4 Å². The average Bonchev–Trinajstić information content (AvgIpc) is 2.54. The number of nitrogens with zero attached hydrogens (tertiary/aromatic N) is 1. The highest BCUT2D eigenvalue weighted by molar-refractivity contribution is 6.03. The van der Waals surface area contributed by atoms with Gasteiger partial charge < -0.3 is 15.8 Å². The van der Waals surface area contributed by atoms with E-state index >= 15 is 0 Å². The largest absolute Gasteiger partial charge is 0.486 e. The van der Waals surface area contributed by atoms with Gasteiger partial charge in [0.2, 0.25) is 12.3 Å². The summed E-state index contributed by atoms with van der Waals surface area (Å²) in [6.45, 7) is 2.01. The minimum Gasteiger partial charge on any atom is -0.486 e. The molecule has 3 N–H and O–H groups in total. The van der Waals surface area contributed by atoms with Crippen molar-refractivity contribution < 1.29 is 19.1 Å². The third-order valence-corrected chi connectivity index (χ3v) is 4.54. The van der Waals surface area contributed by atoms with Crippen LogP contribution in [0.5, 0.6) is 5.75 Å². The first kappa shape index (κ1) is 18.2. The lowest BCUT2D eigenvalue weighted by atomic mass is 9.82. The maximum Gasteiger partial charge on any atom is 0.248 e. The van der Waals surface area contributed by atoms with Crippen molar-refractivity contribution in [3.8, 4) is 5.75 Å². The standard InChI is InChI=1S/C16H19N3O4.ClH/c17-15(22)11-1-2-14-12(7-11)13(21)8-16(23-14)3-5-19(6-4-16)9-18-10-20;/h1-2,7,10H,3-6,8-9H2,(H2,17,22)(H,18,20);1H. The van der Waals surface area contributed by atoms with E-state index in [1.165, 1.54) is 6.07 Å². The van der Waals surface area contributed by atoms with Gasteiger partial charge in [-0.25, -0.2) is 0 Å². The normalized spacial score (nSPS) is 18.9. The second-order valence-electron chi connectivity index (χ2n) is 6.06. The number of hydrogen-bond acceptors (Lipinski definition) is 5. The molecule has 0 saturated carbocycles. The Morgan fingerprint density at radius 1 is 1.38 bits per heavy atom. The molecular formula is C16H20ClN3O4. The zero-order chi connectivity index (χ0) is 16.4. The first-order valence-corrected chi connectivity index (χ1v) is 7.58. The summed E-state index contributed by atoms with van der Waals surface area (Å²) >= 11 is 0. The summed E-state index contributed by atoms with van der Waals surface area (Å²) in [4.78, 5) is 36.2. The lowest BCUT2D eigenvalue weighted by Gasteiger charge is -2.43. The van der Waals surface area contributed by atoms with Gasteiger partial charge in [0.15, 0.2) is 5.78 Å². The molecule has 2 heterocycles. The summed E-state index contributed by atoms with van der Waals surface area (Å²) in [7, 11) is 0. The number of Topliss-reactive ketones (excluding diaryl/α,β-unsaturated/α-hetero) is 1. The van der Waals surface area contributed by atoms with Gasteiger partial charge in [-0.3, -0.25) is 19.3 Å². The number of hydrogen-bond donors (Lipinski definition) is 2. The molecule has 1 spiro atoms. The average molecular weight is 354 g/mol. The van der Waals surface area contributed by atoms with E-state index in [4.69, 9.17) is 10.5 Å². The molecular weight excluding hydrogens is 334 g/mol. The summed E-state index contributed by atoms with van der Waals surface area (Å²) in [6.07, 6.45) is 2.42. The quantitative estimate of drug-likeness (QED) is 0.776. The Kier molecular flexibility index (Phi) is 5.46. The minimum atomic E-state index is -0.558. The molecule has 2 aliphatic rings. The summed E-state index contributed by atoms with van der Waals surface area (Å²) in [5, 5.41) is 2.64. The minimum absolute atomic E-state index is 0. The number of primary amides is 1. The summed E-state index contributed by atoms with van der Waals surface area (Å²) in [5.41, 5.74) is 5.51. The Labute approximate surface area is 145 Å². The van der Waals surface area contributed by atoms with Crippen molar-refractivity contribution in [2.24, 2.45) is 5.73 Å². The van der Waals surface area contributed by atoms with Gasteiger partial charge in [-0.1, -0.05) is 0 Å². The van der Waals surface area contributed by atoms with Gasteiger partial charge in [0, 0.05) is 31.5 Å². The van der Waals surface area contributed by atoms with Crippen molar-refractivity contribution in [1.29, 1.82) is 0 Å². The van der Waals surface area contributed by atoms with Crippen LogP contribution in [0.1, 0.15) is 40.0 Å². The van der Waals surface area contributed by atoms with Gasteiger partial charge >= 0.3 is 0 Å². The monoisotopic (exact) mass is 353 g/mol. The number of likely N-dealkylation sites (tertiary alicyclic amines) is 1. The number of ether oxygens (including phenoxy) is 1. The van der Waals surface area contributed by atoms with Crippen LogP contribution >= 0.6 is 12.4 Å². The molecule has 3 rings (SSSR count). The van der Waals surface area contributed by atoms with Gasteiger partial charge in [0.1, 0.15) is 11.4 Å². The number of benzene rings is 1. The fourth-order valence-corrected chi connectivity index (χ4v) is 3.21. The zero-order valence-electron chi connectivity index (χ0n) is 13.1. The number of halogens is 1. The SMILES string of the molecule is Cl.NC(=O)c1ccc2c(c1)C(=O)CC1(CCN(CNC=O)CC1)O2. The predicted molar refractivity (Wildman–Crippen MR) is 89.4 cm³/mol. The second kappa shape index (κ2) is 7.19.